The minimum Gasteiger partial charge on any atom is -0.389 e. The van der Waals surface area contributed by atoms with Crippen LogP contribution in [0.15, 0.2) is 16.9 Å². The molecule has 0 fully saturated rings. The summed E-state index contributed by atoms with van der Waals surface area (Å²) in [6, 6.07) is 3.68. The molecule has 1 heterocycles. The average molecular weight is 252 g/mol. The lowest BCUT2D eigenvalue weighted by Crippen LogP contribution is -2.34. The van der Waals surface area contributed by atoms with Gasteiger partial charge in [-0.3, -0.25) is 4.79 Å². The van der Waals surface area contributed by atoms with Gasteiger partial charge < -0.3 is 10.3 Å². The molecule has 0 aliphatic rings. The molecule has 0 saturated carbocycles. The number of thiocarbonyl (C=S) groups is 1. The van der Waals surface area contributed by atoms with Crippen molar-refractivity contribution in [1.82, 2.24) is 4.57 Å². The zero-order chi connectivity index (χ0) is 13.2. The first-order chi connectivity index (χ1) is 7.79. The molecule has 0 amide bonds. The van der Waals surface area contributed by atoms with Crippen LogP contribution in [-0.4, -0.2) is 9.56 Å². The van der Waals surface area contributed by atoms with Crippen molar-refractivity contribution in [3.8, 4) is 0 Å². The second-order valence-corrected chi connectivity index (χ2v) is 5.64. The van der Waals surface area contributed by atoms with Crippen LogP contribution in [-0.2, 0) is 12.0 Å². The van der Waals surface area contributed by atoms with Gasteiger partial charge in [-0.15, -0.1) is 0 Å². The molecule has 0 saturated heterocycles. The lowest BCUT2D eigenvalue weighted by molar-refractivity contribution is 0.497. The van der Waals surface area contributed by atoms with E-state index in [1.165, 1.54) is 0 Å². The van der Waals surface area contributed by atoms with Gasteiger partial charge in [0.05, 0.1) is 5.56 Å². The van der Waals surface area contributed by atoms with Crippen molar-refractivity contribution in [2.45, 2.75) is 46.1 Å². The normalized spacial score (nSPS) is 11.5. The fourth-order valence-corrected chi connectivity index (χ4v) is 2.02. The second kappa shape index (κ2) is 5.00. The smallest absolute Gasteiger partial charge is 0.261 e. The summed E-state index contributed by atoms with van der Waals surface area (Å²) in [6.07, 6.45) is 0.907. The van der Waals surface area contributed by atoms with E-state index in [1.54, 1.807) is 10.6 Å². The molecule has 1 rings (SSSR count). The Balaban J connectivity index is 3.51. The van der Waals surface area contributed by atoms with E-state index < -0.39 is 0 Å². The van der Waals surface area contributed by atoms with E-state index in [4.69, 9.17) is 18.0 Å². The third kappa shape index (κ3) is 2.94. The van der Waals surface area contributed by atoms with E-state index in [1.807, 2.05) is 13.0 Å². The third-order valence-corrected chi connectivity index (χ3v) is 2.88. The van der Waals surface area contributed by atoms with E-state index in [9.17, 15) is 4.79 Å². The average Bonchev–Trinajstić information content (AvgIpc) is 2.18. The van der Waals surface area contributed by atoms with E-state index >= 15 is 0 Å². The summed E-state index contributed by atoms with van der Waals surface area (Å²) in [4.78, 5) is 12.4. The maximum atomic E-state index is 12.3. The molecule has 0 spiro atoms. The molecule has 94 valence electrons. The molecule has 4 heteroatoms. The molecule has 1 aromatic rings. The van der Waals surface area contributed by atoms with Crippen molar-refractivity contribution in [3.63, 3.8) is 0 Å². The van der Waals surface area contributed by atoms with Crippen LogP contribution in [0.25, 0.3) is 0 Å². The van der Waals surface area contributed by atoms with Gasteiger partial charge in [-0.05, 0) is 18.6 Å². The van der Waals surface area contributed by atoms with Crippen molar-refractivity contribution in [2.24, 2.45) is 5.73 Å². The highest BCUT2D eigenvalue weighted by atomic mass is 32.1. The Morgan fingerprint density at radius 1 is 1.41 bits per heavy atom. The minimum atomic E-state index is -0.0771. The standard InChI is InChI=1S/C13H20N2OS/c1-5-8-15-10(13(2,3)4)7-6-9(11(14)17)12(15)16/h6-7H,5,8H2,1-4H3,(H2,14,17). The predicted molar refractivity (Wildman–Crippen MR) is 75.6 cm³/mol. The fourth-order valence-electron chi connectivity index (χ4n) is 1.87. The van der Waals surface area contributed by atoms with Gasteiger partial charge in [-0.1, -0.05) is 39.9 Å². The highest BCUT2D eigenvalue weighted by Crippen LogP contribution is 2.21. The van der Waals surface area contributed by atoms with Crippen LogP contribution in [0.3, 0.4) is 0 Å². The van der Waals surface area contributed by atoms with Crippen LogP contribution in [0.2, 0.25) is 0 Å². The number of nitrogens with two attached hydrogens (primary N) is 1. The maximum Gasteiger partial charge on any atom is 0.261 e. The van der Waals surface area contributed by atoms with Crippen LogP contribution in [0.4, 0.5) is 0 Å². The minimum absolute atomic E-state index is 0.0664. The SMILES string of the molecule is CCCn1c(C(C)(C)C)ccc(C(N)=S)c1=O. The number of pyridine rings is 1. The van der Waals surface area contributed by atoms with Gasteiger partial charge in [0.25, 0.3) is 5.56 Å². The van der Waals surface area contributed by atoms with E-state index in [0.29, 0.717) is 12.1 Å². The van der Waals surface area contributed by atoms with Crippen molar-refractivity contribution >= 4 is 17.2 Å². The molecule has 0 unspecified atom stereocenters. The van der Waals surface area contributed by atoms with E-state index in [0.717, 1.165) is 12.1 Å². The zero-order valence-electron chi connectivity index (χ0n) is 10.9. The van der Waals surface area contributed by atoms with Crippen LogP contribution < -0.4 is 11.3 Å². The first-order valence-electron chi connectivity index (χ1n) is 5.83. The molecule has 0 aliphatic carbocycles. The number of hydrogen-bond acceptors (Lipinski definition) is 2. The van der Waals surface area contributed by atoms with Gasteiger partial charge in [-0.25, -0.2) is 0 Å². The maximum absolute atomic E-state index is 12.3. The van der Waals surface area contributed by atoms with Crippen LogP contribution in [0.5, 0.6) is 0 Å². The Kier molecular flexibility index (Phi) is 4.09. The van der Waals surface area contributed by atoms with Crippen molar-refractivity contribution in [3.05, 3.63) is 33.7 Å². The lowest BCUT2D eigenvalue weighted by atomic mass is 9.90. The summed E-state index contributed by atoms with van der Waals surface area (Å²) in [5.41, 5.74) is 6.86. The van der Waals surface area contributed by atoms with Crippen LogP contribution >= 0.6 is 12.2 Å². The van der Waals surface area contributed by atoms with Gasteiger partial charge in [0.1, 0.15) is 4.99 Å². The summed E-state index contributed by atoms with van der Waals surface area (Å²) in [6.45, 7) is 9.02. The summed E-state index contributed by atoms with van der Waals surface area (Å²) < 4.78 is 1.79. The molecule has 0 aromatic carbocycles. The Morgan fingerprint density at radius 2 is 2.00 bits per heavy atom. The van der Waals surface area contributed by atoms with E-state index in [-0.39, 0.29) is 16.0 Å². The lowest BCUT2D eigenvalue weighted by Gasteiger charge is -2.24. The second-order valence-electron chi connectivity index (χ2n) is 5.20. The molecule has 0 atom stereocenters. The molecular formula is C13H20N2OS. The summed E-state index contributed by atoms with van der Waals surface area (Å²) in [5.74, 6) is 0. The molecule has 0 radical (unpaired) electrons. The fraction of sp³-hybridized carbons (Fsp3) is 0.538. The number of nitrogens with zero attached hydrogens (tertiary/aromatic N) is 1. The first kappa shape index (κ1) is 13.9. The molecular weight excluding hydrogens is 232 g/mol. The van der Waals surface area contributed by atoms with Gasteiger partial charge in [-0.2, -0.15) is 0 Å². The highest BCUT2D eigenvalue weighted by molar-refractivity contribution is 7.80. The van der Waals surface area contributed by atoms with Crippen molar-refractivity contribution < 1.29 is 0 Å². The van der Waals surface area contributed by atoms with Crippen LogP contribution in [0, 0.1) is 0 Å². The molecule has 1 aromatic heterocycles. The topological polar surface area (TPSA) is 48.0 Å². The largest absolute Gasteiger partial charge is 0.389 e. The van der Waals surface area contributed by atoms with Crippen molar-refractivity contribution in [2.75, 3.05) is 0 Å². The monoisotopic (exact) mass is 252 g/mol. The number of rotatable bonds is 3. The van der Waals surface area contributed by atoms with E-state index in [2.05, 4.69) is 20.8 Å². The predicted octanol–water partition coefficient (Wildman–Crippen LogP) is 2.19. The Hall–Kier alpha value is -1.16. The molecule has 0 aliphatic heterocycles. The number of aromatic nitrogens is 1. The molecule has 17 heavy (non-hydrogen) atoms. The van der Waals surface area contributed by atoms with Crippen molar-refractivity contribution in [1.29, 1.82) is 0 Å². The molecule has 2 N–H and O–H groups in total. The summed E-state index contributed by atoms with van der Waals surface area (Å²) >= 11 is 4.89. The van der Waals surface area contributed by atoms with Gasteiger partial charge >= 0.3 is 0 Å². The van der Waals surface area contributed by atoms with Gasteiger partial charge in [0.2, 0.25) is 0 Å². The number of hydrogen-bond donors (Lipinski definition) is 1. The zero-order valence-corrected chi connectivity index (χ0v) is 11.7. The Labute approximate surface area is 108 Å². The summed E-state index contributed by atoms with van der Waals surface area (Å²) in [7, 11) is 0. The first-order valence-corrected chi connectivity index (χ1v) is 6.24. The Morgan fingerprint density at radius 3 is 2.41 bits per heavy atom. The molecule has 3 nitrogen and oxygen atoms in total. The molecule has 0 bridgehead atoms. The third-order valence-electron chi connectivity index (χ3n) is 2.66. The Bertz CT molecular complexity index is 483. The van der Waals surface area contributed by atoms with Crippen LogP contribution in [0.1, 0.15) is 45.4 Å². The van der Waals surface area contributed by atoms with Gasteiger partial charge in [0, 0.05) is 17.7 Å². The van der Waals surface area contributed by atoms with Gasteiger partial charge in [0.15, 0.2) is 0 Å². The highest BCUT2D eigenvalue weighted by Gasteiger charge is 2.20. The summed E-state index contributed by atoms with van der Waals surface area (Å²) in [5, 5.41) is 0. The quantitative estimate of drug-likeness (QED) is 0.839.